The van der Waals surface area contributed by atoms with E-state index in [2.05, 4.69) is 146 Å². The van der Waals surface area contributed by atoms with E-state index in [1.807, 2.05) is 0 Å². The largest absolute Gasteiger partial charge is 1.00 e. The van der Waals surface area contributed by atoms with Crippen molar-refractivity contribution in [1.29, 1.82) is 0 Å². The summed E-state index contributed by atoms with van der Waals surface area (Å²) in [5.41, 5.74) is 16.0. The van der Waals surface area contributed by atoms with E-state index in [-0.39, 0.29) is 30.2 Å². The molecule has 6 rings (SSSR count). The van der Waals surface area contributed by atoms with E-state index in [1.54, 1.807) is 15.3 Å². The summed E-state index contributed by atoms with van der Waals surface area (Å²) >= 11 is -2.84. The predicted octanol–water partition coefficient (Wildman–Crippen LogP) is 4.69. The fourth-order valence-electron chi connectivity index (χ4n) is 7.20. The van der Waals surface area contributed by atoms with Gasteiger partial charge in [-0.2, -0.15) is 0 Å². The molecule has 1 atom stereocenters. The molecule has 0 spiro atoms. The quantitative estimate of drug-likeness (QED) is 0.229. The van der Waals surface area contributed by atoms with Crippen LogP contribution in [0.4, 0.5) is 0 Å². The number of fused-ring (bicyclic) bond motifs is 3. The first-order chi connectivity index (χ1) is 21.0. The number of rotatable bonds is 7. The van der Waals surface area contributed by atoms with Gasteiger partial charge in [-0.3, -0.25) is 0 Å². The molecule has 46 heavy (non-hydrogen) atoms. The van der Waals surface area contributed by atoms with E-state index in [9.17, 15) is 0 Å². The normalized spacial score (nSPS) is 14.6. The molecule has 3 heteroatoms. The van der Waals surface area contributed by atoms with Crippen LogP contribution in [0.25, 0.3) is 11.1 Å². The Morgan fingerprint density at radius 1 is 0.739 bits per heavy atom. The van der Waals surface area contributed by atoms with Gasteiger partial charge in [0.15, 0.2) is 0 Å². The summed E-state index contributed by atoms with van der Waals surface area (Å²) in [4.78, 5) is 0. The fourth-order valence-corrected chi connectivity index (χ4v) is 16.1. The van der Waals surface area contributed by atoms with Crippen LogP contribution in [-0.2, 0) is 27.7 Å². The summed E-state index contributed by atoms with van der Waals surface area (Å²) in [6.45, 7) is 18.6. The molecule has 0 N–H and O–H groups in total. The van der Waals surface area contributed by atoms with Gasteiger partial charge in [0.05, 0.1) is 0 Å². The molecule has 0 bridgehead atoms. The van der Waals surface area contributed by atoms with Gasteiger partial charge in [0, 0.05) is 0 Å². The molecule has 0 saturated carbocycles. The van der Waals surface area contributed by atoms with Crippen LogP contribution in [0.3, 0.4) is 0 Å². The van der Waals surface area contributed by atoms with E-state index >= 15 is 0 Å². The van der Waals surface area contributed by atoms with Gasteiger partial charge in [0.1, 0.15) is 0 Å². The minimum absolute atomic E-state index is 0. The molecule has 0 heterocycles. The van der Waals surface area contributed by atoms with Gasteiger partial charge in [-0.1, -0.05) is 0 Å². The molecule has 0 amide bonds. The second-order valence-corrected chi connectivity index (χ2v) is 20.0. The minimum Gasteiger partial charge on any atom is -1.00 e. The summed E-state index contributed by atoms with van der Waals surface area (Å²) in [5.74, 6) is 0.519. The molecule has 2 aliphatic carbocycles. The van der Waals surface area contributed by atoms with Crippen molar-refractivity contribution in [2.24, 2.45) is 11.3 Å². The summed E-state index contributed by atoms with van der Waals surface area (Å²) in [6, 6.07) is 30.9. The number of aryl methyl sites for hydroxylation is 4. The Hall–Kier alpha value is -2.31. The van der Waals surface area contributed by atoms with E-state index in [0.717, 1.165) is 6.42 Å². The molecule has 0 nitrogen and oxygen atoms in total. The molecule has 0 fully saturated rings. The van der Waals surface area contributed by atoms with Crippen LogP contribution in [0.2, 0.25) is 0 Å². The summed E-state index contributed by atoms with van der Waals surface area (Å²) < 4.78 is 5.11. The maximum absolute atomic E-state index is 2.84. The van der Waals surface area contributed by atoms with Gasteiger partial charge in [0.25, 0.3) is 0 Å². The molecule has 0 aliphatic heterocycles. The van der Waals surface area contributed by atoms with Crippen molar-refractivity contribution < 1.29 is 46.1 Å². The van der Waals surface area contributed by atoms with Crippen LogP contribution >= 0.6 is 0 Å². The Balaban J connectivity index is 0.00000240. The van der Waals surface area contributed by atoms with Crippen LogP contribution in [0.5, 0.6) is 0 Å². The number of hydrogen-bond acceptors (Lipinski definition) is 0. The van der Waals surface area contributed by atoms with Crippen molar-refractivity contribution in [2.75, 3.05) is 0 Å². The zero-order chi connectivity index (χ0) is 31.2. The van der Waals surface area contributed by atoms with Crippen LogP contribution < -0.4 is 28.1 Å². The third-order valence-electron chi connectivity index (χ3n) is 9.73. The minimum atomic E-state index is -2.84. The molecule has 1 unspecified atom stereocenters. The molecule has 0 aromatic heterocycles. The Morgan fingerprint density at radius 3 is 1.87 bits per heavy atom. The maximum Gasteiger partial charge on any atom is -1.00 e. The second-order valence-electron chi connectivity index (χ2n) is 14.3. The molecule has 0 saturated heterocycles. The molecule has 238 valence electrons. The Labute approximate surface area is 298 Å². The van der Waals surface area contributed by atoms with Crippen LogP contribution in [0.1, 0.15) is 91.5 Å². The van der Waals surface area contributed by atoms with E-state index in [0.29, 0.717) is 5.92 Å². The van der Waals surface area contributed by atoms with Crippen molar-refractivity contribution in [1.82, 2.24) is 0 Å². The van der Waals surface area contributed by atoms with Gasteiger partial charge in [-0.15, -0.1) is 0 Å². The fraction of sp³-hybridized carbons (Fsp3) is 0.326. The molecule has 4 aromatic carbocycles. The SMILES string of the molecule is CCCCC1C=C(C(C)(C)C)C=[C]1[Zr+2](=[C](c1ccc(C)cc1)c1ccc(C)cc1)[c]1c(C)ccc2c1Cc1cc(C)ccc1-2.[Cl-].[Cl-]. The molecule has 2 aliphatic rings. The summed E-state index contributed by atoms with van der Waals surface area (Å²) in [7, 11) is 0. The van der Waals surface area contributed by atoms with Gasteiger partial charge < -0.3 is 24.8 Å². The number of allylic oxidation sites excluding steroid dienone is 4. The Bertz CT molecular complexity index is 1770. The summed E-state index contributed by atoms with van der Waals surface area (Å²) in [6.07, 6.45) is 10.2. The number of halogens is 2. The first-order valence-electron chi connectivity index (χ1n) is 16.6. The first kappa shape index (κ1) is 36.5. The van der Waals surface area contributed by atoms with Gasteiger partial charge >= 0.3 is 276 Å². The van der Waals surface area contributed by atoms with E-state index < -0.39 is 21.3 Å². The average Bonchev–Trinajstić information content (AvgIpc) is 3.58. The number of benzene rings is 4. The van der Waals surface area contributed by atoms with Crippen molar-refractivity contribution in [3.8, 4) is 11.1 Å². The van der Waals surface area contributed by atoms with Crippen LogP contribution in [0.15, 0.2) is 99.9 Å². The molecule has 0 radical (unpaired) electrons. The van der Waals surface area contributed by atoms with Crippen molar-refractivity contribution >= 4 is 6.48 Å². The molecular weight excluding hydrogens is 679 g/mol. The van der Waals surface area contributed by atoms with E-state index in [4.69, 9.17) is 0 Å². The molecule has 4 aromatic rings. The van der Waals surface area contributed by atoms with Crippen molar-refractivity contribution in [2.45, 2.75) is 81.1 Å². The number of unbranched alkanes of at least 4 members (excludes halogenated alkanes) is 1. The zero-order valence-electron chi connectivity index (χ0n) is 28.8. The Morgan fingerprint density at radius 2 is 1.30 bits per heavy atom. The topological polar surface area (TPSA) is 0 Å². The monoisotopic (exact) mass is 724 g/mol. The predicted molar refractivity (Wildman–Crippen MR) is 188 cm³/mol. The maximum atomic E-state index is 2.70. The van der Waals surface area contributed by atoms with Gasteiger partial charge in [-0.25, -0.2) is 0 Å². The van der Waals surface area contributed by atoms with Gasteiger partial charge in [0.2, 0.25) is 0 Å². The third kappa shape index (κ3) is 7.23. The van der Waals surface area contributed by atoms with E-state index in [1.165, 1.54) is 74.9 Å². The number of hydrogen-bond donors (Lipinski definition) is 0. The zero-order valence-corrected chi connectivity index (χ0v) is 32.8. The summed E-state index contributed by atoms with van der Waals surface area (Å²) in [5, 5.41) is 0. The van der Waals surface area contributed by atoms with Crippen LogP contribution in [-0.4, -0.2) is 3.21 Å². The first-order valence-corrected chi connectivity index (χ1v) is 20.3. The third-order valence-corrected chi connectivity index (χ3v) is 18.0. The second kappa shape index (κ2) is 14.9. The Kier molecular flexibility index (Phi) is 11.8. The smallest absolute Gasteiger partial charge is 1.00 e. The van der Waals surface area contributed by atoms with Crippen molar-refractivity contribution in [3.05, 3.63) is 144 Å². The van der Waals surface area contributed by atoms with Gasteiger partial charge in [-0.05, 0) is 0 Å². The standard InChI is InChI=1S/C15H13.C15H14.C13H21.2ClH.Zr/c1-10-3-5-14-12(7-10)9-13-8-11(2)4-6-15(13)14;1-12-3-7-14(8-4-12)11-15-9-5-13(2)6-10-15;1-5-6-7-11-8-9-12(10-11)13(2,3)4;;;/h3-7H,9H2,1-2H3;3-10H,1-2H3;9-11H,5-7H2,1-4H3;2*1H;/q;;;;;+2/p-2. The average molecular weight is 727 g/mol. The van der Waals surface area contributed by atoms with Crippen LogP contribution in [0, 0.1) is 39.0 Å². The van der Waals surface area contributed by atoms with Crippen molar-refractivity contribution in [3.63, 3.8) is 0 Å². The molecular formula is C43H48Cl2Zr.